The van der Waals surface area contributed by atoms with Crippen molar-refractivity contribution in [1.82, 2.24) is 5.32 Å². The highest BCUT2D eigenvalue weighted by Crippen LogP contribution is 2.44. The Morgan fingerprint density at radius 2 is 1.33 bits per heavy atom. The second kappa shape index (κ2) is 8.60. The van der Waals surface area contributed by atoms with E-state index >= 15 is 0 Å². The first kappa shape index (κ1) is 18.1. The lowest BCUT2D eigenvalue weighted by Crippen LogP contribution is -2.35. The average Bonchev–Trinajstić information content (AvgIpc) is 3.07. The molecule has 3 nitrogen and oxygen atoms in total. The van der Waals surface area contributed by atoms with Crippen LogP contribution in [0.25, 0.3) is 11.1 Å². The van der Waals surface area contributed by atoms with E-state index in [0.717, 1.165) is 12.8 Å². The molecule has 142 valence electrons. The first-order valence-corrected chi connectivity index (χ1v) is 10.4. The Morgan fingerprint density at radius 3 is 1.93 bits per heavy atom. The maximum Gasteiger partial charge on any atom is 0.407 e. The van der Waals surface area contributed by atoms with Crippen LogP contribution in [0.5, 0.6) is 0 Å². The van der Waals surface area contributed by atoms with Gasteiger partial charge in [-0.2, -0.15) is 0 Å². The van der Waals surface area contributed by atoms with E-state index in [2.05, 4.69) is 53.8 Å². The van der Waals surface area contributed by atoms with Gasteiger partial charge in [0.2, 0.25) is 0 Å². The third kappa shape index (κ3) is 4.18. The van der Waals surface area contributed by atoms with E-state index in [1.807, 2.05) is 0 Å². The van der Waals surface area contributed by atoms with Crippen LogP contribution in [0.3, 0.4) is 0 Å². The molecule has 0 aliphatic heterocycles. The van der Waals surface area contributed by atoms with Crippen LogP contribution in [-0.2, 0) is 4.74 Å². The van der Waals surface area contributed by atoms with Crippen LogP contribution in [0.4, 0.5) is 4.79 Å². The van der Waals surface area contributed by atoms with Crippen molar-refractivity contribution >= 4 is 6.09 Å². The predicted octanol–water partition coefficient (Wildman–Crippen LogP) is 6.03. The second-order valence-corrected chi connectivity index (χ2v) is 7.87. The van der Waals surface area contributed by atoms with E-state index in [0.29, 0.717) is 6.61 Å². The fourth-order valence-electron chi connectivity index (χ4n) is 4.58. The highest BCUT2D eigenvalue weighted by molar-refractivity contribution is 5.79. The molecule has 1 saturated carbocycles. The molecule has 2 aromatic carbocycles. The van der Waals surface area contributed by atoms with Gasteiger partial charge < -0.3 is 10.1 Å². The molecule has 2 aromatic rings. The predicted molar refractivity (Wildman–Crippen MR) is 109 cm³/mol. The number of carbonyl (C=O) groups is 1. The van der Waals surface area contributed by atoms with Gasteiger partial charge >= 0.3 is 6.09 Å². The van der Waals surface area contributed by atoms with Crippen LogP contribution in [-0.4, -0.2) is 18.7 Å². The molecule has 0 unspecified atom stereocenters. The largest absolute Gasteiger partial charge is 0.449 e. The molecule has 4 rings (SSSR count). The van der Waals surface area contributed by atoms with Gasteiger partial charge in [0.05, 0.1) is 0 Å². The summed E-state index contributed by atoms with van der Waals surface area (Å²) in [4.78, 5) is 12.4. The Hall–Kier alpha value is -2.29. The van der Waals surface area contributed by atoms with Crippen molar-refractivity contribution < 1.29 is 9.53 Å². The summed E-state index contributed by atoms with van der Waals surface area (Å²) in [6, 6.07) is 17.2. The minimum absolute atomic E-state index is 0.128. The van der Waals surface area contributed by atoms with E-state index in [4.69, 9.17) is 4.74 Å². The fourth-order valence-corrected chi connectivity index (χ4v) is 4.58. The number of fused-ring (bicyclic) bond motifs is 3. The Kier molecular flexibility index (Phi) is 5.76. The maximum atomic E-state index is 12.4. The van der Waals surface area contributed by atoms with Crippen molar-refractivity contribution in [1.29, 1.82) is 0 Å². The minimum Gasteiger partial charge on any atom is -0.449 e. The number of amides is 1. The number of benzene rings is 2. The average molecular weight is 364 g/mol. The summed E-state index contributed by atoms with van der Waals surface area (Å²) in [5, 5.41) is 3.13. The molecule has 27 heavy (non-hydrogen) atoms. The van der Waals surface area contributed by atoms with Crippen LogP contribution < -0.4 is 5.32 Å². The summed E-state index contributed by atoms with van der Waals surface area (Å²) in [5.41, 5.74) is 5.04. The first-order chi connectivity index (χ1) is 13.3. The molecule has 0 saturated heterocycles. The lowest BCUT2D eigenvalue weighted by atomic mass is 9.98. The Morgan fingerprint density at radius 1 is 0.815 bits per heavy atom. The molecule has 0 spiro atoms. The Balaban J connectivity index is 1.39. The van der Waals surface area contributed by atoms with Crippen molar-refractivity contribution in [3.63, 3.8) is 0 Å². The molecular formula is C24H29NO2. The highest BCUT2D eigenvalue weighted by Gasteiger charge is 2.29. The molecule has 2 aliphatic carbocycles. The highest BCUT2D eigenvalue weighted by atomic mass is 16.5. The Labute approximate surface area is 162 Å². The zero-order valence-electron chi connectivity index (χ0n) is 16.0. The lowest BCUT2D eigenvalue weighted by Gasteiger charge is -2.19. The fraction of sp³-hybridized carbons (Fsp3) is 0.458. The van der Waals surface area contributed by atoms with Gasteiger partial charge in [-0.05, 0) is 35.1 Å². The van der Waals surface area contributed by atoms with Crippen molar-refractivity contribution in [2.75, 3.05) is 6.61 Å². The summed E-state index contributed by atoms with van der Waals surface area (Å²) in [6.07, 6.45) is 9.51. The van der Waals surface area contributed by atoms with Crippen molar-refractivity contribution in [2.24, 2.45) is 0 Å². The summed E-state index contributed by atoms with van der Waals surface area (Å²) >= 11 is 0. The molecule has 3 heteroatoms. The molecule has 1 N–H and O–H groups in total. The number of hydrogen-bond acceptors (Lipinski definition) is 2. The molecule has 0 aromatic heterocycles. The van der Waals surface area contributed by atoms with Crippen molar-refractivity contribution in [3.05, 3.63) is 59.7 Å². The standard InChI is InChI=1S/C24H29NO2/c26-24(25-18-11-5-3-1-2-4-6-12-18)27-17-23-21-15-9-7-13-19(21)20-14-8-10-16-22(20)23/h7-10,13-16,18,23H,1-6,11-12,17H2,(H,25,26). The number of nitrogens with one attached hydrogen (secondary N) is 1. The number of hydrogen-bond donors (Lipinski definition) is 1. The normalized spacial score (nSPS) is 17.9. The van der Waals surface area contributed by atoms with E-state index in [-0.39, 0.29) is 18.1 Å². The van der Waals surface area contributed by atoms with Gasteiger partial charge in [0.1, 0.15) is 6.61 Å². The van der Waals surface area contributed by atoms with E-state index < -0.39 is 0 Å². The van der Waals surface area contributed by atoms with Crippen LogP contribution in [0.15, 0.2) is 48.5 Å². The monoisotopic (exact) mass is 363 g/mol. The molecule has 0 bridgehead atoms. The maximum absolute atomic E-state index is 12.4. The van der Waals surface area contributed by atoms with Gasteiger partial charge in [-0.3, -0.25) is 0 Å². The summed E-state index contributed by atoms with van der Waals surface area (Å²) < 4.78 is 5.70. The SMILES string of the molecule is O=C(NC1CCCCCCCC1)OCC1c2ccccc2-c2ccccc21. The molecule has 1 amide bonds. The lowest BCUT2D eigenvalue weighted by molar-refractivity contribution is 0.137. The number of alkyl carbamates (subject to hydrolysis) is 1. The second-order valence-electron chi connectivity index (χ2n) is 7.87. The van der Waals surface area contributed by atoms with Crippen LogP contribution in [0, 0.1) is 0 Å². The van der Waals surface area contributed by atoms with Crippen molar-refractivity contribution in [3.8, 4) is 11.1 Å². The molecule has 0 atom stereocenters. The zero-order valence-corrected chi connectivity index (χ0v) is 16.0. The summed E-state index contributed by atoms with van der Waals surface area (Å²) in [5.74, 6) is 0.128. The van der Waals surface area contributed by atoms with Gasteiger partial charge in [0.25, 0.3) is 0 Å². The smallest absolute Gasteiger partial charge is 0.407 e. The van der Waals surface area contributed by atoms with Crippen LogP contribution in [0.2, 0.25) is 0 Å². The molecule has 0 radical (unpaired) electrons. The van der Waals surface area contributed by atoms with Gasteiger partial charge in [-0.25, -0.2) is 4.79 Å². The third-order valence-electron chi connectivity index (χ3n) is 6.02. The van der Waals surface area contributed by atoms with Gasteiger partial charge in [0.15, 0.2) is 0 Å². The number of carbonyl (C=O) groups excluding carboxylic acids is 1. The quantitative estimate of drug-likeness (QED) is 0.723. The molecule has 0 heterocycles. The summed E-state index contributed by atoms with van der Waals surface area (Å²) in [6.45, 7) is 0.395. The topological polar surface area (TPSA) is 38.3 Å². The van der Waals surface area contributed by atoms with Crippen LogP contribution in [0.1, 0.15) is 68.4 Å². The molecule has 1 fully saturated rings. The summed E-state index contributed by atoms with van der Waals surface area (Å²) in [7, 11) is 0. The van der Waals surface area contributed by atoms with Crippen molar-refractivity contribution in [2.45, 2.75) is 63.3 Å². The number of rotatable bonds is 3. The molecule has 2 aliphatic rings. The van der Waals surface area contributed by atoms with Gasteiger partial charge in [-0.1, -0.05) is 87.1 Å². The third-order valence-corrected chi connectivity index (χ3v) is 6.02. The molecular weight excluding hydrogens is 334 g/mol. The number of ether oxygens (including phenoxy) is 1. The van der Waals surface area contributed by atoms with E-state index in [9.17, 15) is 4.79 Å². The van der Waals surface area contributed by atoms with E-state index in [1.54, 1.807) is 0 Å². The zero-order chi connectivity index (χ0) is 18.5. The van der Waals surface area contributed by atoms with Gasteiger partial charge in [0, 0.05) is 12.0 Å². The Bertz CT molecular complexity index is 730. The van der Waals surface area contributed by atoms with Gasteiger partial charge in [-0.15, -0.1) is 0 Å². The minimum atomic E-state index is -0.263. The first-order valence-electron chi connectivity index (χ1n) is 10.4. The van der Waals surface area contributed by atoms with E-state index in [1.165, 1.54) is 60.8 Å². The van der Waals surface area contributed by atoms with Crippen LogP contribution >= 0.6 is 0 Å².